The average Bonchev–Trinajstić information content (AvgIpc) is 3.09. The zero-order valence-corrected chi connectivity index (χ0v) is 11.5. The Morgan fingerprint density at radius 2 is 2.29 bits per heavy atom. The van der Waals surface area contributed by atoms with Gasteiger partial charge in [0.25, 0.3) is 0 Å². The van der Waals surface area contributed by atoms with Crippen LogP contribution in [-0.4, -0.2) is 12.5 Å². The number of rotatable bonds is 4. The Kier molecular flexibility index (Phi) is 3.54. The number of nitrogens with two attached hydrogens (primary N) is 1. The predicted molar refractivity (Wildman–Crippen MR) is 71.4 cm³/mol. The average molecular weight is 297 g/mol. The fourth-order valence-corrected chi connectivity index (χ4v) is 2.30. The van der Waals surface area contributed by atoms with Gasteiger partial charge in [-0.2, -0.15) is 0 Å². The molecule has 1 saturated carbocycles. The van der Waals surface area contributed by atoms with E-state index in [4.69, 9.17) is 5.73 Å². The highest BCUT2D eigenvalue weighted by Crippen LogP contribution is 2.45. The van der Waals surface area contributed by atoms with E-state index in [0.717, 1.165) is 22.9 Å². The maximum absolute atomic E-state index is 12.0. The van der Waals surface area contributed by atoms with E-state index in [0.29, 0.717) is 6.54 Å². The van der Waals surface area contributed by atoms with Crippen molar-refractivity contribution in [1.82, 2.24) is 5.32 Å². The molecular weight excluding hydrogens is 280 g/mol. The van der Waals surface area contributed by atoms with Gasteiger partial charge in [0, 0.05) is 11.0 Å². The van der Waals surface area contributed by atoms with E-state index in [-0.39, 0.29) is 17.4 Å². The van der Waals surface area contributed by atoms with Crippen LogP contribution in [0.1, 0.15) is 31.4 Å². The lowest BCUT2D eigenvalue weighted by atomic mass is 10.0. The summed E-state index contributed by atoms with van der Waals surface area (Å²) in [5.41, 5.74) is 6.46. The van der Waals surface area contributed by atoms with Crippen LogP contribution in [0.2, 0.25) is 0 Å². The summed E-state index contributed by atoms with van der Waals surface area (Å²) in [7, 11) is 0. The maximum atomic E-state index is 12.0. The van der Waals surface area contributed by atoms with Crippen molar-refractivity contribution in [1.29, 1.82) is 0 Å². The Hall–Kier alpha value is -0.870. The third-order valence-electron chi connectivity index (χ3n) is 3.42. The molecule has 1 fully saturated rings. The normalized spacial score (nSPS) is 18.5. The lowest BCUT2D eigenvalue weighted by Crippen LogP contribution is -2.37. The number of hydrogen-bond donors (Lipinski definition) is 2. The van der Waals surface area contributed by atoms with Crippen LogP contribution in [-0.2, 0) is 4.79 Å². The van der Waals surface area contributed by atoms with Crippen molar-refractivity contribution < 1.29 is 4.79 Å². The Bertz CT molecular complexity index is 429. The molecule has 1 atom stereocenters. The van der Waals surface area contributed by atoms with Crippen molar-refractivity contribution >= 4 is 21.8 Å². The summed E-state index contributed by atoms with van der Waals surface area (Å²) >= 11 is 3.43. The highest BCUT2D eigenvalue weighted by atomic mass is 79.9. The van der Waals surface area contributed by atoms with Crippen LogP contribution >= 0.6 is 15.9 Å². The van der Waals surface area contributed by atoms with E-state index in [2.05, 4.69) is 21.2 Å². The number of nitrogens with one attached hydrogen (secondary N) is 1. The quantitative estimate of drug-likeness (QED) is 0.896. The van der Waals surface area contributed by atoms with E-state index in [1.54, 1.807) is 0 Å². The van der Waals surface area contributed by atoms with Crippen molar-refractivity contribution in [3.8, 4) is 0 Å². The highest BCUT2D eigenvalue weighted by molar-refractivity contribution is 9.10. The van der Waals surface area contributed by atoms with Crippen LogP contribution in [0.15, 0.2) is 28.7 Å². The van der Waals surface area contributed by atoms with Gasteiger partial charge in [0.2, 0.25) is 5.91 Å². The highest BCUT2D eigenvalue weighted by Gasteiger charge is 2.48. The summed E-state index contributed by atoms with van der Waals surface area (Å²) in [5.74, 6) is 0.0903. The zero-order valence-electron chi connectivity index (χ0n) is 9.87. The summed E-state index contributed by atoms with van der Waals surface area (Å²) in [6.45, 7) is 2.44. The first-order valence-electron chi connectivity index (χ1n) is 5.84. The second-order valence-electron chi connectivity index (χ2n) is 4.73. The number of carbonyl (C=O) groups excluding carboxylic acids is 1. The molecule has 92 valence electrons. The Balaban J connectivity index is 2.02. The molecule has 0 spiro atoms. The van der Waals surface area contributed by atoms with Gasteiger partial charge < -0.3 is 11.1 Å². The molecule has 17 heavy (non-hydrogen) atoms. The largest absolute Gasteiger partial charge is 0.349 e. The lowest BCUT2D eigenvalue weighted by molar-refractivity contribution is -0.126. The summed E-state index contributed by atoms with van der Waals surface area (Å²) in [6, 6.07) is 7.99. The molecule has 1 aliphatic carbocycles. The molecule has 0 unspecified atom stereocenters. The van der Waals surface area contributed by atoms with Crippen molar-refractivity contribution in [2.45, 2.75) is 25.8 Å². The molecule has 1 amide bonds. The number of hydrogen-bond acceptors (Lipinski definition) is 2. The van der Waals surface area contributed by atoms with Gasteiger partial charge in [-0.1, -0.05) is 28.1 Å². The van der Waals surface area contributed by atoms with E-state index >= 15 is 0 Å². The molecule has 1 aromatic carbocycles. The van der Waals surface area contributed by atoms with Crippen LogP contribution < -0.4 is 11.1 Å². The minimum Gasteiger partial charge on any atom is -0.349 e. The first-order valence-corrected chi connectivity index (χ1v) is 6.63. The fourth-order valence-electron chi connectivity index (χ4n) is 1.88. The Labute approximate surface area is 110 Å². The SMILES string of the molecule is C[C@@H](NC(=O)C1(CN)CC1)c1cccc(Br)c1. The van der Waals surface area contributed by atoms with E-state index in [1.165, 1.54) is 0 Å². The van der Waals surface area contributed by atoms with E-state index in [1.807, 2.05) is 31.2 Å². The minimum atomic E-state index is -0.278. The molecule has 1 aromatic rings. The topological polar surface area (TPSA) is 55.1 Å². The molecule has 1 aliphatic rings. The van der Waals surface area contributed by atoms with Crippen molar-refractivity contribution in [3.05, 3.63) is 34.3 Å². The summed E-state index contributed by atoms with van der Waals surface area (Å²) < 4.78 is 1.02. The second-order valence-corrected chi connectivity index (χ2v) is 5.65. The van der Waals surface area contributed by atoms with Gasteiger partial charge >= 0.3 is 0 Å². The molecule has 3 nitrogen and oxygen atoms in total. The van der Waals surface area contributed by atoms with Crippen molar-refractivity contribution in [3.63, 3.8) is 0 Å². The first-order chi connectivity index (χ1) is 8.07. The van der Waals surface area contributed by atoms with Crippen LogP contribution in [0.25, 0.3) is 0 Å². The van der Waals surface area contributed by atoms with Gasteiger partial charge in [0.1, 0.15) is 0 Å². The predicted octanol–water partition coefficient (Wildman–Crippen LogP) is 2.37. The van der Waals surface area contributed by atoms with Gasteiger partial charge in [-0.3, -0.25) is 4.79 Å². The molecule has 0 radical (unpaired) electrons. The second kappa shape index (κ2) is 4.78. The molecule has 2 rings (SSSR count). The van der Waals surface area contributed by atoms with Gasteiger partial charge in [0.05, 0.1) is 11.5 Å². The molecule has 0 aromatic heterocycles. The standard InChI is InChI=1S/C13H17BrN2O/c1-9(10-3-2-4-11(14)7-10)16-12(17)13(8-15)5-6-13/h2-4,7,9H,5-6,8,15H2,1H3,(H,16,17)/t9-/m1/s1. The summed E-state index contributed by atoms with van der Waals surface area (Å²) in [4.78, 5) is 12.0. The zero-order chi connectivity index (χ0) is 12.5. The molecule has 4 heteroatoms. The monoisotopic (exact) mass is 296 g/mol. The molecular formula is C13H17BrN2O. The third-order valence-corrected chi connectivity index (χ3v) is 3.92. The third kappa shape index (κ3) is 2.69. The van der Waals surface area contributed by atoms with E-state index in [9.17, 15) is 4.79 Å². The number of carbonyl (C=O) groups is 1. The van der Waals surface area contributed by atoms with E-state index < -0.39 is 0 Å². The number of halogens is 1. The van der Waals surface area contributed by atoms with Crippen molar-refractivity contribution in [2.24, 2.45) is 11.1 Å². The lowest BCUT2D eigenvalue weighted by Gasteiger charge is -2.19. The van der Waals surface area contributed by atoms with Crippen LogP contribution in [0.5, 0.6) is 0 Å². The molecule has 0 aliphatic heterocycles. The van der Waals surface area contributed by atoms with Crippen LogP contribution in [0.4, 0.5) is 0 Å². The molecule has 0 heterocycles. The molecule has 0 bridgehead atoms. The number of benzene rings is 1. The van der Waals surface area contributed by atoms with Crippen molar-refractivity contribution in [2.75, 3.05) is 6.54 Å². The van der Waals surface area contributed by atoms with Crippen LogP contribution in [0.3, 0.4) is 0 Å². The molecule has 0 saturated heterocycles. The number of amides is 1. The maximum Gasteiger partial charge on any atom is 0.227 e. The Morgan fingerprint density at radius 1 is 1.59 bits per heavy atom. The van der Waals surface area contributed by atoms with Gasteiger partial charge in [0.15, 0.2) is 0 Å². The molecule has 3 N–H and O–H groups in total. The first kappa shape index (κ1) is 12.6. The fraction of sp³-hybridized carbons (Fsp3) is 0.462. The Morgan fingerprint density at radius 3 is 2.82 bits per heavy atom. The smallest absolute Gasteiger partial charge is 0.227 e. The van der Waals surface area contributed by atoms with Gasteiger partial charge in [-0.15, -0.1) is 0 Å². The van der Waals surface area contributed by atoms with Gasteiger partial charge in [-0.05, 0) is 37.5 Å². The van der Waals surface area contributed by atoms with Crippen LogP contribution in [0, 0.1) is 5.41 Å². The minimum absolute atomic E-state index is 0.0176. The van der Waals surface area contributed by atoms with Gasteiger partial charge in [-0.25, -0.2) is 0 Å². The summed E-state index contributed by atoms with van der Waals surface area (Å²) in [5, 5.41) is 3.04. The summed E-state index contributed by atoms with van der Waals surface area (Å²) in [6.07, 6.45) is 1.83.